The summed E-state index contributed by atoms with van der Waals surface area (Å²) in [5.41, 5.74) is 11.2. The number of halogens is 1. The molecule has 1 aromatic heterocycles. The van der Waals surface area contributed by atoms with Gasteiger partial charge in [-0.25, -0.2) is 9.37 Å². The van der Waals surface area contributed by atoms with Crippen LogP contribution in [0.1, 0.15) is 29.6 Å². The van der Waals surface area contributed by atoms with E-state index in [9.17, 15) is 9.18 Å². The SMILES string of the molecule is O=C(Nc1ccc(OCC2CCC2)cc1)c1cc(-c2ccc3c(n2)NNN3)ccc1F. The number of nitrogens with zero attached hydrogens (tertiary/aromatic N) is 1. The van der Waals surface area contributed by atoms with Gasteiger partial charge in [-0.15, -0.1) is 5.53 Å². The van der Waals surface area contributed by atoms with E-state index in [1.54, 1.807) is 24.3 Å². The number of ether oxygens (including phenoxy) is 1. The Labute approximate surface area is 179 Å². The lowest BCUT2D eigenvalue weighted by atomic mass is 9.86. The summed E-state index contributed by atoms with van der Waals surface area (Å²) in [5, 5.41) is 2.75. The van der Waals surface area contributed by atoms with Gasteiger partial charge in [0.25, 0.3) is 5.91 Å². The summed E-state index contributed by atoms with van der Waals surface area (Å²) in [6, 6.07) is 15.2. The van der Waals surface area contributed by atoms with Gasteiger partial charge in [-0.3, -0.25) is 10.2 Å². The van der Waals surface area contributed by atoms with Crippen LogP contribution >= 0.6 is 0 Å². The van der Waals surface area contributed by atoms with Crippen LogP contribution in [0.4, 0.5) is 21.6 Å². The number of carbonyl (C=O) groups excluding carboxylic acids is 1. The fraction of sp³-hybridized carbons (Fsp3) is 0.217. The van der Waals surface area contributed by atoms with Gasteiger partial charge in [0.2, 0.25) is 0 Å². The molecule has 1 amide bonds. The Morgan fingerprint density at radius 1 is 1.10 bits per heavy atom. The van der Waals surface area contributed by atoms with Crippen LogP contribution in [0.2, 0.25) is 0 Å². The second kappa shape index (κ2) is 8.23. The monoisotopic (exact) mass is 419 g/mol. The highest BCUT2D eigenvalue weighted by Gasteiger charge is 2.18. The van der Waals surface area contributed by atoms with Gasteiger partial charge in [0.05, 0.1) is 23.6 Å². The molecular weight excluding hydrogens is 397 g/mol. The van der Waals surface area contributed by atoms with Crippen LogP contribution < -0.4 is 26.4 Å². The largest absolute Gasteiger partial charge is 0.493 e. The minimum atomic E-state index is -0.593. The van der Waals surface area contributed by atoms with E-state index in [-0.39, 0.29) is 5.56 Å². The van der Waals surface area contributed by atoms with Crippen molar-refractivity contribution < 1.29 is 13.9 Å². The molecule has 4 N–H and O–H groups in total. The molecule has 1 saturated carbocycles. The first kappa shape index (κ1) is 19.3. The summed E-state index contributed by atoms with van der Waals surface area (Å²) < 4.78 is 20.2. The number of aromatic nitrogens is 1. The molecule has 1 aliphatic heterocycles. The van der Waals surface area contributed by atoms with E-state index in [0.29, 0.717) is 28.7 Å². The number of anilines is 3. The lowest BCUT2D eigenvalue weighted by Gasteiger charge is -2.25. The number of fused-ring (bicyclic) bond motifs is 1. The molecule has 0 bridgehead atoms. The average Bonchev–Trinajstić information content (AvgIpc) is 3.22. The zero-order chi connectivity index (χ0) is 21.2. The number of hydrogen-bond acceptors (Lipinski definition) is 6. The number of rotatable bonds is 6. The zero-order valence-corrected chi connectivity index (χ0v) is 16.7. The molecule has 8 heteroatoms. The smallest absolute Gasteiger partial charge is 0.258 e. The predicted octanol–water partition coefficient (Wildman–Crippen LogP) is 4.58. The second-order valence-corrected chi connectivity index (χ2v) is 7.75. The normalized spacial score (nSPS) is 14.7. The number of nitrogens with one attached hydrogen (secondary N) is 4. The number of amides is 1. The highest BCUT2D eigenvalue weighted by Crippen LogP contribution is 2.29. The predicted molar refractivity (Wildman–Crippen MR) is 117 cm³/mol. The molecule has 1 aliphatic carbocycles. The van der Waals surface area contributed by atoms with Crippen molar-refractivity contribution in [3.63, 3.8) is 0 Å². The topological polar surface area (TPSA) is 87.3 Å². The minimum Gasteiger partial charge on any atom is -0.493 e. The Balaban J connectivity index is 1.29. The highest BCUT2D eigenvalue weighted by molar-refractivity contribution is 6.05. The molecule has 0 saturated heterocycles. The van der Waals surface area contributed by atoms with Gasteiger partial charge < -0.3 is 15.5 Å². The molecule has 7 nitrogen and oxygen atoms in total. The van der Waals surface area contributed by atoms with E-state index >= 15 is 0 Å². The first-order chi connectivity index (χ1) is 15.2. The molecule has 1 fully saturated rings. The first-order valence-corrected chi connectivity index (χ1v) is 10.3. The number of carbonyl (C=O) groups is 1. The molecule has 2 aromatic carbocycles. The van der Waals surface area contributed by atoms with E-state index in [4.69, 9.17) is 4.74 Å². The van der Waals surface area contributed by atoms with Crippen molar-refractivity contribution in [3.05, 3.63) is 66.0 Å². The van der Waals surface area contributed by atoms with E-state index in [1.165, 1.54) is 31.4 Å². The van der Waals surface area contributed by atoms with Crippen LogP contribution in [-0.4, -0.2) is 17.5 Å². The van der Waals surface area contributed by atoms with Crippen molar-refractivity contribution >= 4 is 23.1 Å². The summed E-state index contributed by atoms with van der Waals surface area (Å²) in [6.07, 6.45) is 3.73. The molecule has 0 spiro atoms. The summed E-state index contributed by atoms with van der Waals surface area (Å²) in [5.74, 6) is 0.929. The molecule has 5 rings (SSSR count). The number of pyridine rings is 1. The lowest BCUT2D eigenvalue weighted by Crippen LogP contribution is -2.19. The highest BCUT2D eigenvalue weighted by atomic mass is 19.1. The lowest BCUT2D eigenvalue weighted by molar-refractivity contribution is 0.102. The summed E-state index contributed by atoms with van der Waals surface area (Å²) in [4.78, 5) is 17.2. The van der Waals surface area contributed by atoms with Gasteiger partial charge in [0.15, 0.2) is 5.82 Å². The van der Waals surface area contributed by atoms with E-state index in [0.717, 1.165) is 18.0 Å². The third-order valence-electron chi connectivity index (χ3n) is 5.60. The van der Waals surface area contributed by atoms with Crippen molar-refractivity contribution in [2.24, 2.45) is 5.92 Å². The fourth-order valence-electron chi connectivity index (χ4n) is 3.54. The number of hydrazine groups is 2. The molecular formula is C23H22FN5O2. The second-order valence-electron chi connectivity index (χ2n) is 7.75. The quantitative estimate of drug-likeness (QED) is 0.468. The molecule has 2 heterocycles. The Morgan fingerprint density at radius 3 is 2.71 bits per heavy atom. The molecule has 0 atom stereocenters. The fourth-order valence-corrected chi connectivity index (χ4v) is 3.54. The summed E-state index contributed by atoms with van der Waals surface area (Å²) in [7, 11) is 0. The van der Waals surface area contributed by atoms with Crippen molar-refractivity contribution in [1.82, 2.24) is 10.5 Å². The van der Waals surface area contributed by atoms with Gasteiger partial charge >= 0.3 is 0 Å². The summed E-state index contributed by atoms with van der Waals surface area (Å²) in [6.45, 7) is 0.724. The standard InChI is InChI=1S/C23H22FN5O2/c24-19-9-4-15(20-10-11-21-22(26-20)28-29-27-21)12-18(19)23(30)25-16-5-7-17(8-6-16)31-13-14-2-1-3-14/h4-12,14,27,29H,1-3,13H2,(H,25,30)(H,26,28). The van der Waals surface area contributed by atoms with Gasteiger partial charge in [-0.05, 0) is 73.4 Å². The first-order valence-electron chi connectivity index (χ1n) is 10.3. The van der Waals surface area contributed by atoms with E-state index < -0.39 is 11.7 Å². The molecule has 3 aromatic rings. The molecule has 2 aliphatic rings. The van der Waals surface area contributed by atoms with Crippen molar-refractivity contribution in [3.8, 4) is 17.0 Å². The summed E-state index contributed by atoms with van der Waals surface area (Å²) >= 11 is 0. The van der Waals surface area contributed by atoms with Crippen molar-refractivity contribution in [1.29, 1.82) is 0 Å². The number of hydrogen-bond donors (Lipinski definition) is 4. The minimum absolute atomic E-state index is 0.0469. The van der Waals surface area contributed by atoms with E-state index in [1.807, 2.05) is 18.2 Å². The Kier molecular flexibility index (Phi) is 5.13. The third kappa shape index (κ3) is 4.15. The van der Waals surface area contributed by atoms with Gasteiger partial charge in [0.1, 0.15) is 11.6 Å². The maximum Gasteiger partial charge on any atom is 0.258 e. The molecule has 0 radical (unpaired) electrons. The number of benzene rings is 2. The van der Waals surface area contributed by atoms with E-state index in [2.05, 4.69) is 26.7 Å². The van der Waals surface area contributed by atoms with Crippen LogP contribution in [0.3, 0.4) is 0 Å². The van der Waals surface area contributed by atoms with Gasteiger partial charge in [0, 0.05) is 11.3 Å². The maximum atomic E-state index is 14.4. The van der Waals surface area contributed by atoms with Gasteiger partial charge in [-0.2, -0.15) is 0 Å². The van der Waals surface area contributed by atoms with Crippen molar-refractivity contribution in [2.75, 3.05) is 22.8 Å². The van der Waals surface area contributed by atoms with Crippen LogP contribution in [0, 0.1) is 11.7 Å². The van der Waals surface area contributed by atoms with Crippen LogP contribution in [0.25, 0.3) is 11.3 Å². The zero-order valence-electron chi connectivity index (χ0n) is 16.7. The molecule has 158 valence electrons. The average molecular weight is 419 g/mol. The van der Waals surface area contributed by atoms with Crippen molar-refractivity contribution in [2.45, 2.75) is 19.3 Å². The van der Waals surface area contributed by atoms with Crippen LogP contribution in [0.15, 0.2) is 54.6 Å². The molecule has 0 unspecified atom stereocenters. The Hall–Kier alpha value is -3.65. The maximum absolute atomic E-state index is 14.4. The Morgan fingerprint density at radius 2 is 1.94 bits per heavy atom. The molecule has 31 heavy (non-hydrogen) atoms. The van der Waals surface area contributed by atoms with Crippen LogP contribution in [-0.2, 0) is 0 Å². The van der Waals surface area contributed by atoms with Crippen LogP contribution in [0.5, 0.6) is 5.75 Å². The third-order valence-corrected chi connectivity index (χ3v) is 5.60. The Bertz CT molecular complexity index is 1120. The van der Waals surface area contributed by atoms with Gasteiger partial charge in [-0.1, -0.05) is 6.42 Å².